The summed E-state index contributed by atoms with van der Waals surface area (Å²) >= 11 is 0. The molecule has 0 radical (unpaired) electrons. The summed E-state index contributed by atoms with van der Waals surface area (Å²) < 4.78 is 5.36. The van der Waals surface area contributed by atoms with E-state index in [1.54, 1.807) is 25.1 Å². The van der Waals surface area contributed by atoms with Gasteiger partial charge >= 0.3 is 5.97 Å². The molecule has 0 saturated heterocycles. The molecule has 0 atom stereocenters. The van der Waals surface area contributed by atoms with E-state index in [4.69, 9.17) is 15.6 Å². The molecule has 18 heavy (non-hydrogen) atoms. The molecule has 0 saturated carbocycles. The highest BCUT2D eigenvalue weighted by Gasteiger charge is 2.07. The zero-order valence-corrected chi connectivity index (χ0v) is 10.3. The van der Waals surface area contributed by atoms with Gasteiger partial charge in [-0.15, -0.1) is 0 Å². The van der Waals surface area contributed by atoms with Gasteiger partial charge in [0.1, 0.15) is 5.75 Å². The summed E-state index contributed by atoms with van der Waals surface area (Å²) in [6, 6.07) is 4.88. The highest BCUT2D eigenvalue weighted by molar-refractivity contribution is 5.97. The molecule has 0 amide bonds. The first-order valence-electron chi connectivity index (χ1n) is 5.82. The largest absolute Gasteiger partial charge is 0.491 e. The fourth-order valence-corrected chi connectivity index (χ4v) is 1.46. The number of benzene rings is 1. The van der Waals surface area contributed by atoms with E-state index in [0.717, 1.165) is 0 Å². The van der Waals surface area contributed by atoms with Crippen LogP contribution in [-0.2, 0) is 4.79 Å². The zero-order chi connectivity index (χ0) is 13.5. The molecule has 0 heterocycles. The quantitative estimate of drug-likeness (QED) is 0.440. The number of anilines is 1. The number of ether oxygens (including phenoxy) is 1. The van der Waals surface area contributed by atoms with Crippen molar-refractivity contribution in [2.75, 3.05) is 12.3 Å². The van der Waals surface area contributed by atoms with Gasteiger partial charge in [0, 0.05) is 18.4 Å². The molecule has 3 N–H and O–H groups in total. The van der Waals surface area contributed by atoms with E-state index < -0.39 is 5.97 Å². The van der Waals surface area contributed by atoms with Gasteiger partial charge in [-0.05, 0) is 24.6 Å². The molecule has 98 valence electrons. The second-order valence-corrected chi connectivity index (χ2v) is 3.88. The summed E-state index contributed by atoms with van der Waals surface area (Å²) in [7, 11) is 0. The Balaban J connectivity index is 2.57. The zero-order valence-electron chi connectivity index (χ0n) is 10.3. The van der Waals surface area contributed by atoms with Crippen molar-refractivity contribution < 1.29 is 19.4 Å². The fraction of sp³-hybridized carbons (Fsp3) is 0.385. The van der Waals surface area contributed by atoms with E-state index in [2.05, 4.69) is 0 Å². The van der Waals surface area contributed by atoms with E-state index >= 15 is 0 Å². The molecule has 0 spiro atoms. The summed E-state index contributed by atoms with van der Waals surface area (Å²) in [5, 5.41) is 8.47. The number of nitrogen functional groups attached to an aromatic ring is 1. The van der Waals surface area contributed by atoms with E-state index in [1.807, 2.05) is 0 Å². The van der Waals surface area contributed by atoms with Gasteiger partial charge in [-0.1, -0.05) is 6.92 Å². The molecule has 5 heteroatoms. The number of nitrogens with two attached hydrogens (primary N) is 1. The van der Waals surface area contributed by atoms with Crippen molar-refractivity contribution >= 4 is 17.4 Å². The molecule has 0 bridgehead atoms. The molecule has 0 aliphatic rings. The van der Waals surface area contributed by atoms with Crippen LogP contribution in [0.4, 0.5) is 5.69 Å². The lowest BCUT2D eigenvalue weighted by atomic mass is 10.1. The Morgan fingerprint density at radius 3 is 2.67 bits per heavy atom. The van der Waals surface area contributed by atoms with Crippen molar-refractivity contribution in [3.8, 4) is 5.75 Å². The maximum Gasteiger partial charge on any atom is 0.303 e. The molecule has 0 aliphatic heterocycles. The van der Waals surface area contributed by atoms with Gasteiger partial charge in [0.2, 0.25) is 0 Å². The van der Waals surface area contributed by atoms with Crippen LogP contribution < -0.4 is 10.5 Å². The topological polar surface area (TPSA) is 89.6 Å². The third-order valence-electron chi connectivity index (χ3n) is 2.45. The number of Topliss-reactive ketones (excluding diaryl/α,β-unsaturated/α-hetero) is 1. The molecule has 0 aromatic heterocycles. The molecule has 5 nitrogen and oxygen atoms in total. The number of hydrogen-bond acceptors (Lipinski definition) is 4. The van der Waals surface area contributed by atoms with Crippen LogP contribution in [0.2, 0.25) is 0 Å². The molecule has 0 aliphatic carbocycles. The average molecular weight is 251 g/mol. The maximum absolute atomic E-state index is 11.5. The Bertz CT molecular complexity index is 443. The van der Waals surface area contributed by atoms with E-state index in [9.17, 15) is 9.59 Å². The van der Waals surface area contributed by atoms with Crippen LogP contribution in [0, 0.1) is 0 Å². The predicted molar refractivity (Wildman–Crippen MR) is 67.8 cm³/mol. The number of ketones is 1. The summed E-state index contributed by atoms with van der Waals surface area (Å²) in [5.41, 5.74) is 6.72. The summed E-state index contributed by atoms with van der Waals surface area (Å²) in [6.07, 6.45) is 0.912. The first kappa shape index (κ1) is 14.0. The highest BCUT2D eigenvalue weighted by Crippen LogP contribution is 2.23. The average Bonchev–Trinajstić information content (AvgIpc) is 2.34. The lowest BCUT2D eigenvalue weighted by molar-refractivity contribution is -0.137. The molecular formula is C13H17NO4. The van der Waals surface area contributed by atoms with Crippen LogP contribution in [0.15, 0.2) is 18.2 Å². The standard InChI is InChI=1S/C13H17NO4/c1-2-11(15)9-5-6-12(10(14)8-9)18-7-3-4-13(16)17/h5-6,8H,2-4,7,14H2,1H3,(H,16,17). The van der Waals surface area contributed by atoms with Gasteiger partial charge < -0.3 is 15.6 Å². The van der Waals surface area contributed by atoms with Crippen molar-refractivity contribution in [3.05, 3.63) is 23.8 Å². The first-order valence-corrected chi connectivity index (χ1v) is 5.82. The number of carbonyl (C=O) groups excluding carboxylic acids is 1. The monoisotopic (exact) mass is 251 g/mol. The normalized spacial score (nSPS) is 10.1. The Hall–Kier alpha value is -2.04. The second kappa shape index (κ2) is 6.64. The van der Waals surface area contributed by atoms with Gasteiger partial charge in [0.05, 0.1) is 12.3 Å². The fourth-order valence-electron chi connectivity index (χ4n) is 1.46. The summed E-state index contributed by atoms with van der Waals surface area (Å²) in [4.78, 5) is 21.8. The molecule has 1 aromatic carbocycles. The van der Waals surface area contributed by atoms with Crippen LogP contribution in [0.25, 0.3) is 0 Å². The van der Waals surface area contributed by atoms with Crippen LogP contribution in [-0.4, -0.2) is 23.5 Å². The van der Waals surface area contributed by atoms with Crippen molar-refractivity contribution in [3.63, 3.8) is 0 Å². The Kier molecular flexibility index (Phi) is 5.17. The Morgan fingerprint density at radius 1 is 1.39 bits per heavy atom. The number of carbonyl (C=O) groups is 2. The smallest absolute Gasteiger partial charge is 0.303 e. The molecule has 1 aromatic rings. The third kappa shape index (κ3) is 4.08. The van der Waals surface area contributed by atoms with Crippen LogP contribution >= 0.6 is 0 Å². The number of carboxylic acid groups (broad SMARTS) is 1. The number of rotatable bonds is 7. The molecular weight excluding hydrogens is 234 g/mol. The van der Waals surface area contributed by atoms with Gasteiger partial charge in [-0.2, -0.15) is 0 Å². The van der Waals surface area contributed by atoms with E-state index in [0.29, 0.717) is 29.8 Å². The van der Waals surface area contributed by atoms with Gasteiger partial charge in [0.25, 0.3) is 0 Å². The number of aliphatic carboxylic acids is 1. The minimum atomic E-state index is -0.851. The van der Waals surface area contributed by atoms with Crippen molar-refractivity contribution in [2.45, 2.75) is 26.2 Å². The van der Waals surface area contributed by atoms with Crippen molar-refractivity contribution in [1.29, 1.82) is 0 Å². The summed E-state index contributed by atoms with van der Waals surface area (Å²) in [5.74, 6) is -0.345. The van der Waals surface area contributed by atoms with Crippen LogP contribution in [0.5, 0.6) is 5.75 Å². The first-order chi connectivity index (χ1) is 8.54. The van der Waals surface area contributed by atoms with Gasteiger partial charge in [0.15, 0.2) is 5.78 Å². The van der Waals surface area contributed by atoms with Crippen LogP contribution in [0.1, 0.15) is 36.5 Å². The Labute approximate surface area is 106 Å². The minimum Gasteiger partial charge on any atom is -0.491 e. The van der Waals surface area contributed by atoms with E-state index in [1.165, 1.54) is 0 Å². The predicted octanol–water partition coefficient (Wildman–Crippen LogP) is 2.11. The van der Waals surface area contributed by atoms with Gasteiger partial charge in [-0.25, -0.2) is 0 Å². The van der Waals surface area contributed by atoms with Crippen molar-refractivity contribution in [2.24, 2.45) is 0 Å². The van der Waals surface area contributed by atoms with Crippen LogP contribution in [0.3, 0.4) is 0 Å². The highest BCUT2D eigenvalue weighted by atomic mass is 16.5. The van der Waals surface area contributed by atoms with Gasteiger partial charge in [-0.3, -0.25) is 9.59 Å². The third-order valence-corrected chi connectivity index (χ3v) is 2.45. The second-order valence-electron chi connectivity index (χ2n) is 3.88. The lowest BCUT2D eigenvalue weighted by Crippen LogP contribution is -2.05. The number of hydrogen-bond donors (Lipinski definition) is 2. The van der Waals surface area contributed by atoms with E-state index in [-0.39, 0.29) is 18.8 Å². The molecule has 0 fully saturated rings. The maximum atomic E-state index is 11.5. The molecule has 1 rings (SSSR count). The van der Waals surface area contributed by atoms with Crippen molar-refractivity contribution in [1.82, 2.24) is 0 Å². The lowest BCUT2D eigenvalue weighted by Gasteiger charge is -2.09. The number of carboxylic acids is 1. The Morgan fingerprint density at radius 2 is 2.11 bits per heavy atom. The summed E-state index contributed by atoms with van der Waals surface area (Å²) in [6.45, 7) is 2.08. The molecule has 0 unspecified atom stereocenters. The minimum absolute atomic E-state index is 0.0270. The SMILES string of the molecule is CCC(=O)c1ccc(OCCCC(=O)O)c(N)c1.